The molecule has 0 saturated carbocycles. The number of ether oxygens (including phenoxy) is 1. The summed E-state index contributed by atoms with van der Waals surface area (Å²) in [5.74, 6) is -1.68. The number of carbonyl (C=O) groups excluding carboxylic acids is 3. The van der Waals surface area contributed by atoms with Crippen molar-refractivity contribution in [2.24, 2.45) is 0 Å². The number of esters is 1. The Balaban J connectivity index is 1.82. The van der Waals surface area contributed by atoms with Crippen LogP contribution in [0.3, 0.4) is 0 Å². The third-order valence-electron chi connectivity index (χ3n) is 3.47. The molecule has 26 heavy (non-hydrogen) atoms. The number of benzene rings is 2. The average molecular weight is 375 g/mol. The van der Waals surface area contributed by atoms with Gasteiger partial charge in [0.05, 0.1) is 10.6 Å². The van der Waals surface area contributed by atoms with Gasteiger partial charge in [-0.3, -0.25) is 9.59 Å². The Bertz CT molecular complexity index is 823. The van der Waals surface area contributed by atoms with Crippen molar-refractivity contribution in [1.82, 2.24) is 5.32 Å². The predicted octanol–water partition coefficient (Wildman–Crippen LogP) is 2.95. The smallest absolute Gasteiger partial charge is 0.328 e. The number of hydrogen-bond acceptors (Lipinski definition) is 4. The van der Waals surface area contributed by atoms with E-state index in [9.17, 15) is 14.4 Å². The molecule has 0 fully saturated rings. The van der Waals surface area contributed by atoms with Gasteiger partial charge in [0, 0.05) is 5.69 Å². The number of nitrogens with one attached hydrogen (secondary N) is 2. The van der Waals surface area contributed by atoms with Crippen LogP contribution in [-0.2, 0) is 14.3 Å². The first kappa shape index (κ1) is 19.5. The summed E-state index contributed by atoms with van der Waals surface area (Å²) in [4.78, 5) is 35.9. The van der Waals surface area contributed by atoms with E-state index in [0.29, 0.717) is 5.69 Å². The molecule has 0 bridgehead atoms. The number of carbonyl (C=O) groups is 3. The predicted molar refractivity (Wildman–Crippen MR) is 99.1 cm³/mol. The van der Waals surface area contributed by atoms with Crippen molar-refractivity contribution < 1.29 is 19.1 Å². The van der Waals surface area contributed by atoms with Crippen LogP contribution >= 0.6 is 11.6 Å². The fourth-order valence-electron chi connectivity index (χ4n) is 2.16. The number of amides is 2. The zero-order valence-electron chi connectivity index (χ0n) is 14.4. The molecule has 0 radical (unpaired) electrons. The Morgan fingerprint density at radius 1 is 1.12 bits per heavy atom. The van der Waals surface area contributed by atoms with Gasteiger partial charge in [0.1, 0.15) is 6.04 Å². The summed E-state index contributed by atoms with van der Waals surface area (Å²) in [5, 5.41) is 5.40. The Morgan fingerprint density at radius 2 is 1.85 bits per heavy atom. The lowest BCUT2D eigenvalue weighted by atomic mass is 10.2. The van der Waals surface area contributed by atoms with Gasteiger partial charge in [0.25, 0.3) is 11.8 Å². The van der Waals surface area contributed by atoms with Gasteiger partial charge in [-0.2, -0.15) is 0 Å². The molecule has 0 aliphatic rings. The lowest BCUT2D eigenvalue weighted by Crippen LogP contribution is -2.40. The van der Waals surface area contributed by atoms with Gasteiger partial charge in [-0.1, -0.05) is 35.9 Å². The minimum atomic E-state index is -0.925. The molecule has 136 valence electrons. The van der Waals surface area contributed by atoms with Crippen LogP contribution in [0.15, 0.2) is 48.5 Å². The highest BCUT2D eigenvalue weighted by Crippen LogP contribution is 2.14. The highest BCUT2D eigenvalue weighted by molar-refractivity contribution is 6.33. The van der Waals surface area contributed by atoms with Crippen molar-refractivity contribution in [1.29, 1.82) is 0 Å². The summed E-state index contributed by atoms with van der Waals surface area (Å²) in [6, 6.07) is 12.8. The van der Waals surface area contributed by atoms with Crippen LogP contribution in [0.5, 0.6) is 0 Å². The van der Waals surface area contributed by atoms with Crippen LogP contribution in [0.1, 0.15) is 22.8 Å². The molecule has 0 saturated heterocycles. The van der Waals surface area contributed by atoms with Crippen LogP contribution in [0.25, 0.3) is 0 Å². The fraction of sp³-hybridized carbons (Fsp3) is 0.211. The normalized spacial score (nSPS) is 11.3. The SMILES string of the molecule is Cc1cccc(NC(=O)COC(=O)[C@H](C)NC(=O)c2ccccc2Cl)c1. The number of rotatable bonds is 6. The van der Waals surface area contributed by atoms with Gasteiger partial charge >= 0.3 is 5.97 Å². The fourth-order valence-corrected chi connectivity index (χ4v) is 2.38. The van der Waals surface area contributed by atoms with E-state index in [0.717, 1.165) is 5.56 Å². The zero-order chi connectivity index (χ0) is 19.1. The number of halogens is 1. The van der Waals surface area contributed by atoms with Crippen molar-refractivity contribution in [2.45, 2.75) is 19.9 Å². The monoisotopic (exact) mass is 374 g/mol. The van der Waals surface area contributed by atoms with Gasteiger partial charge in [0.15, 0.2) is 6.61 Å². The van der Waals surface area contributed by atoms with Crippen molar-refractivity contribution in [3.8, 4) is 0 Å². The second kappa shape index (κ2) is 9.01. The lowest BCUT2D eigenvalue weighted by molar-refractivity contribution is -0.148. The van der Waals surface area contributed by atoms with Crippen molar-refractivity contribution in [2.75, 3.05) is 11.9 Å². The van der Waals surface area contributed by atoms with E-state index in [-0.39, 0.29) is 10.6 Å². The van der Waals surface area contributed by atoms with Gasteiger partial charge in [-0.15, -0.1) is 0 Å². The van der Waals surface area contributed by atoms with E-state index < -0.39 is 30.4 Å². The van der Waals surface area contributed by atoms with E-state index in [2.05, 4.69) is 10.6 Å². The summed E-state index contributed by atoms with van der Waals surface area (Å²) in [6.45, 7) is 2.92. The molecule has 2 rings (SSSR count). The molecule has 0 unspecified atom stereocenters. The first-order valence-corrected chi connectivity index (χ1v) is 8.33. The Kier molecular flexibility index (Phi) is 6.74. The van der Waals surface area contributed by atoms with E-state index in [4.69, 9.17) is 16.3 Å². The summed E-state index contributed by atoms with van der Waals surface area (Å²) < 4.78 is 4.94. The Hall–Kier alpha value is -2.86. The second-order valence-corrected chi connectivity index (χ2v) is 6.11. The Morgan fingerprint density at radius 3 is 2.54 bits per heavy atom. The maximum atomic E-state index is 12.1. The molecule has 2 aromatic carbocycles. The van der Waals surface area contributed by atoms with E-state index in [1.165, 1.54) is 6.92 Å². The molecule has 0 aliphatic heterocycles. The molecule has 0 aliphatic carbocycles. The van der Waals surface area contributed by atoms with Gasteiger partial charge < -0.3 is 15.4 Å². The van der Waals surface area contributed by atoms with E-state index in [1.54, 1.807) is 36.4 Å². The summed E-state index contributed by atoms with van der Waals surface area (Å²) in [5.41, 5.74) is 1.87. The molecule has 6 nitrogen and oxygen atoms in total. The average Bonchev–Trinajstić information content (AvgIpc) is 2.59. The maximum absolute atomic E-state index is 12.1. The van der Waals surface area contributed by atoms with E-state index >= 15 is 0 Å². The van der Waals surface area contributed by atoms with Crippen molar-refractivity contribution >= 4 is 35.1 Å². The molecule has 2 amide bonds. The molecular formula is C19H19ClN2O4. The lowest BCUT2D eigenvalue weighted by Gasteiger charge is -2.14. The largest absolute Gasteiger partial charge is 0.454 e. The van der Waals surface area contributed by atoms with Crippen LogP contribution in [-0.4, -0.2) is 30.4 Å². The standard InChI is InChI=1S/C19H19ClN2O4/c1-12-6-5-7-14(10-12)22-17(23)11-26-19(25)13(2)21-18(24)15-8-3-4-9-16(15)20/h3-10,13H,11H2,1-2H3,(H,21,24)(H,22,23)/t13-/m0/s1. The van der Waals surface area contributed by atoms with Gasteiger partial charge in [0.2, 0.25) is 0 Å². The number of aryl methyl sites for hydroxylation is 1. The van der Waals surface area contributed by atoms with Crippen molar-refractivity contribution in [3.63, 3.8) is 0 Å². The summed E-state index contributed by atoms with van der Waals surface area (Å²) >= 11 is 5.94. The van der Waals surface area contributed by atoms with Crippen LogP contribution in [0.2, 0.25) is 5.02 Å². The Labute approximate surface area is 156 Å². The van der Waals surface area contributed by atoms with E-state index in [1.807, 2.05) is 19.1 Å². The number of anilines is 1. The topological polar surface area (TPSA) is 84.5 Å². The van der Waals surface area contributed by atoms with Crippen LogP contribution in [0.4, 0.5) is 5.69 Å². The molecular weight excluding hydrogens is 356 g/mol. The molecule has 0 heterocycles. The van der Waals surface area contributed by atoms with Crippen LogP contribution in [0, 0.1) is 6.92 Å². The summed E-state index contributed by atoms with van der Waals surface area (Å²) in [7, 11) is 0. The molecule has 0 aromatic heterocycles. The minimum Gasteiger partial charge on any atom is -0.454 e. The highest BCUT2D eigenvalue weighted by atomic mass is 35.5. The van der Waals surface area contributed by atoms with Gasteiger partial charge in [-0.05, 0) is 43.7 Å². The quantitative estimate of drug-likeness (QED) is 0.761. The zero-order valence-corrected chi connectivity index (χ0v) is 15.2. The number of hydrogen-bond donors (Lipinski definition) is 2. The molecule has 0 spiro atoms. The molecule has 7 heteroatoms. The molecule has 2 N–H and O–H groups in total. The first-order chi connectivity index (χ1) is 12.4. The maximum Gasteiger partial charge on any atom is 0.328 e. The second-order valence-electron chi connectivity index (χ2n) is 5.70. The third kappa shape index (κ3) is 5.60. The first-order valence-electron chi connectivity index (χ1n) is 7.95. The highest BCUT2D eigenvalue weighted by Gasteiger charge is 2.20. The van der Waals surface area contributed by atoms with Crippen LogP contribution < -0.4 is 10.6 Å². The molecule has 2 aromatic rings. The molecule has 1 atom stereocenters. The summed E-state index contributed by atoms with van der Waals surface area (Å²) in [6.07, 6.45) is 0. The van der Waals surface area contributed by atoms with Crippen molar-refractivity contribution in [3.05, 3.63) is 64.7 Å². The third-order valence-corrected chi connectivity index (χ3v) is 3.80. The minimum absolute atomic E-state index is 0.256. The van der Waals surface area contributed by atoms with Gasteiger partial charge in [-0.25, -0.2) is 4.79 Å².